The van der Waals surface area contributed by atoms with Crippen LogP contribution in [0.5, 0.6) is 0 Å². The van der Waals surface area contributed by atoms with Gasteiger partial charge in [-0.2, -0.15) is 0 Å². The van der Waals surface area contributed by atoms with Crippen LogP contribution in [0.4, 0.5) is 0 Å². The van der Waals surface area contributed by atoms with Crippen LogP contribution in [0.2, 0.25) is 18.1 Å². The highest BCUT2D eigenvalue weighted by atomic mass is 28.4. The van der Waals surface area contributed by atoms with Crippen LogP contribution in [-0.2, 0) is 25.4 Å². The minimum Gasteiger partial charge on any atom is -0.461 e. The molecular weight excluding hydrogens is 322 g/mol. The first-order valence-electron chi connectivity index (χ1n) is 8.19. The molecule has 1 amide bonds. The largest absolute Gasteiger partial charge is 0.461 e. The normalized spacial score (nSPS) is 13.4. The van der Waals surface area contributed by atoms with E-state index in [-0.39, 0.29) is 30.5 Å². The fourth-order valence-electron chi connectivity index (χ4n) is 1.85. The third kappa shape index (κ3) is 6.45. The zero-order valence-electron chi connectivity index (χ0n) is 15.3. The zero-order valence-corrected chi connectivity index (χ0v) is 16.3. The number of primary amides is 1. The van der Waals surface area contributed by atoms with E-state index in [9.17, 15) is 9.59 Å². The van der Waals surface area contributed by atoms with E-state index in [2.05, 4.69) is 33.9 Å². The van der Waals surface area contributed by atoms with Gasteiger partial charge in [-0.1, -0.05) is 51.1 Å². The molecule has 0 saturated heterocycles. The first-order chi connectivity index (χ1) is 11.0. The number of ether oxygens (including phenoxy) is 1. The summed E-state index contributed by atoms with van der Waals surface area (Å²) in [6.07, 6.45) is -0.403. The molecule has 0 saturated carbocycles. The summed E-state index contributed by atoms with van der Waals surface area (Å²) in [4.78, 5) is 23.6. The van der Waals surface area contributed by atoms with Crippen molar-refractivity contribution in [3.8, 4) is 0 Å². The molecule has 0 aliphatic carbocycles. The number of amides is 1. The van der Waals surface area contributed by atoms with Gasteiger partial charge in [-0.05, 0) is 30.1 Å². The number of benzene rings is 1. The molecule has 1 aromatic rings. The lowest BCUT2D eigenvalue weighted by Crippen LogP contribution is -2.47. The predicted molar refractivity (Wildman–Crippen MR) is 96.7 cm³/mol. The molecule has 1 aromatic carbocycles. The monoisotopic (exact) mass is 351 g/mol. The summed E-state index contributed by atoms with van der Waals surface area (Å²) in [6.45, 7) is 10.6. The third-order valence-corrected chi connectivity index (χ3v) is 8.90. The Labute approximate surface area is 145 Å². The van der Waals surface area contributed by atoms with Crippen molar-refractivity contribution in [3.05, 3.63) is 35.9 Å². The Hall–Kier alpha value is -1.66. The third-order valence-electron chi connectivity index (χ3n) is 4.41. The minimum atomic E-state index is -2.13. The Bertz CT molecular complexity index is 552. The maximum Gasteiger partial charge on any atom is 0.306 e. The Morgan fingerprint density at radius 1 is 1.17 bits per heavy atom. The lowest BCUT2D eigenvalue weighted by molar-refractivity contribution is -0.145. The summed E-state index contributed by atoms with van der Waals surface area (Å²) in [7, 11) is -2.13. The second-order valence-electron chi connectivity index (χ2n) is 7.45. The summed E-state index contributed by atoms with van der Waals surface area (Å²) < 4.78 is 11.3. The van der Waals surface area contributed by atoms with Crippen LogP contribution >= 0.6 is 0 Å². The fraction of sp³-hybridized carbons (Fsp3) is 0.556. The van der Waals surface area contributed by atoms with E-state index in [1.54, 1.807) is 0 Å². The SMILES string of the molecule is CC(C)(C)[Si](C)(C)O[C@@H](CCC(=O)OCc1ccccc1)C(N)=O. The molecule has 24 heavy (non-hydrogen) atoms. The molecule has 134 valence electrons. The quantitative estimate of drug-likeness (QED) is 0.575. The second kappa shape index (κ2) is 8.44. The van der Waals surface area contributed by atoms with Crippen molar-refractivity contribution in [2.45, 2.75) is 64.5 Å². The average Bonchev–Trinajstić information content (AvgIpc) is 2.49. The van der Waals surface area contributed by atoms with E-state index in [1.165, 1.54) is 0 Å². The Balaban J connectivity index is 2.51. The highest BCUT2D eigenvalue weighted by Crippen LogP contribution is 2.37. The summed E-state index contributed by atoms with van der Waals surface area (Å²) in [5.74, 6) is -0.889. The topological polar surface area (TPSA) is 78.6 Å². The molecule has 0 unspecified atom stereocenters. The van der Waals surface area contributed by atoms with Gasteiger partial charge in [-0.15, -0.1) is 0 Å². The van der Waals surface area contributed by atoms with Crippen LogP contribution in [-0.4, -0.2) is 26.3 Å². The van der Waals surface area contributed by atoms with Gasteiger partial charge in [0.05, 0.1) is 0 Å². The molecule has 0 fully saturated rings. The predicted octanol–water partition coefficient (Wildman–Crippen LogP) is 3.39. The van der Waals surface area contributed by atoms with Gasteiger partial charge in [0.2, 0.25) is 5.91 Å². The number of rotatable bonds is 8. The molecule has 0 aliphatic heterocycles. The van der Waals surface area contributed by atoms with Gasteiger partial charge in [0, 0.05) is 6.42 Å². The molecule has 0 spiro atoms. The molecule has 2 N–H and O–H groups in total. The first kappa shape index (κ1) is 20.4. The van der Waals surface area contributed by atoms with Gasteiger partial charge >= 0.3 is 5.97 Å². The molecule has 5 nitrogen and oxygen atoms in total. The molecule has 0 aliphatic rings. The molecule has 0 radical (unpaired) electrons. The summed E-state index contributed by atoms with van der Waals surface area (Å²) >= 11 is 0. The molecular formula is C18H29NO4Si. The van der Waals surface area contributed by atoms with Crippen molar-refractivity contribution in [2.75, 3.05) is 0 Å². The number of hydrogen-bond acceptors (Lipinski definition) is 4. The first-order valence-corrected chi connectivity index (χ1v) is 11.1. The Kier molecular flexibility index (Phi) is 7.17. The van der Waals surface area contributed by atoms with Gasteiger partial charge in [0.15, 0.2) is 8.32 Å². The van der Waals surface area contributed by atoms with Gasteiger partial charge in [0.25, 0.3) is 0 Å². The molecule has 6 heteroatoms. The summed E-state index contributed by atoms with van der Waals surface area (Å²) in [5.41, 5.74) is 6.37. The molecule has 1 rings (SSSR count). The van der Waals surface area contributed by atoms with Crippen molar-refractivity contribution < 1.29 is 18.8 Å². The average molecular weight is 352 g/mol. The summed E-state index contributed by atoms with van der Waals surface area (Å²) in [5, 5.41) is -0.0332. The van der Waals surface area contributed by atoms with Gasteiger partial charge in [-0.25, -0.2) is 0 Å². The standard InChI is InChI=1S/C18H29NO4Si/c1-18(2,3)24(4,5)23-15(17(19)21)11-12-16(20)22-13-14-9-7-6-8-10-14/h6-10,15H,11-13H2,1-5H3,(H2,19,21)/t15-/m0/s1. The van der Waals surface area contributed by atoms with Crippen LogP contribution < -0.4 is 5.73 Å². The number of nitrogens with two attached hydrogens (primary N) is 1. The van der Waals surface area contributed by atoms with Crippen LogP contribution in [0.3, 0.4) is 0 Å². The van der Waals surface area contributed by atoms with Gasteiger partial charge in [0.1, 0.15) is 12.7 Å². The Morgan fingerprint density at radius 3 is 2.25 bits per heavy atom. The van der Waals surface area contributed by atoms with Crippen molar-refractivity contribution in [1.82, 2.24) is 0 Å². The van der Waals surface area contributed by atoms with E-state index >= 15 is 0 Å². The minimum absolute atomic E-state index is 0.0332. The van der Waals surface area contributed by atoms with Crippen LogP contribution in [0.15, 0.2) is 30.3 Å². The molecule has 1 atom stereocenters. The molecule has 0 bridgehead atoms. The highest BCUT2D eigenvalue weighted by molar-refractivity contribution is 6.74. The number of hydrogen-bond donors (Lipinski definition) is 1. The lowest BCUT2D eigenvalue weighted by atomic mass is 10.2. The molecule has 0 aromatic heterocycles. The van der Waals surface area contributed by atoms with E-state index < -0.39 is 20.3 Å². The van der Waals surface area contributed by atoms with Gasteiger partial charge < -0.3 is 14.9 Å². The number of carbonyl (C=O) groups is 2. The second-order valence-corrected chi connectivity index (χ2v) is 12.2. The maximum atomic E-state index is 11.9. The van der Waals surface area contributed by atoms with Crippen molar-refractivity contribution in [3.63, 3.8) is 0 Å². The van der Waals surface area contributed by atoms with E-state index in [0.717, 1.165) is 5.56 Å². The van der Waals surface area contributed by atoms with Crippen LogP contribution in [0.1, 0.15) is 39.2 Å². The van der Waals surface area contributed by atoms with E-state index in [1.807, 2.05) is 30.3 Å². The smallest absolute Gasteiger partial charge is 0.306 e. The van der Waals surface area contributed by atoms with Crippen LogP contribution in [0.25, 0.3) is 0 Å². The molecule has 0 heterocycles. The maximum absolute atomic E-state index is 11.9. The summed E-state index contributed by atoms with van der Waals surface area (Å²) in [6, 6.07) is 9.46. The van der Waals surface area contributed by atoms with Crippen molar-refractivity contribution >= 4 is 20.2 Å². The fourth-order valence-corrected chi connectivity index (χ4v) is 3.15. The van der Waals surface area contributed by atoms with Crippen molar-refractivity contribution in [1.29, 1.82) is 0 Å². The number of esters is 1. The Morgan fingerprint density at radius 2 is 1.75 bits per heavy atom. The van der Waals surface area contributed by atoms with Crippen LogP contribution in [0, 0.1) is 0 Å². The van der Waals surface area contributed by atoms with Crippen molar-refractivity contribution in [2.24, 2.45) is 5.73 Å². The zero-order chi connectivity index (χ0) is 18.4. The lowest BCUT2D eigenvalue weighted by Gasteiger charge is -2.38. The van der Waals surface area contributed by atoms with Gasteiger partial charge in [-0.3, -0.25) is 9.59 Å². The number of carbonyl (C=O) groups excluding carboxylic acids is 2. The van der Waals surface area contributed by atoms with E-state index in [0.29, 0.717) is 0 Å². The van der Waals surface area contributed by atoms with E-state index in [4.69, 9.17) is 14.9 Å². The highest BCUT2D eigenvalue weighted by Gasteiger charge is 2.40.